The number of benzene rings is 1. The molecule has 0 bridgehead atoms. The van der Waals surface area contributed by atoms with E-state index in [9.17, 15) is 4.79 Å². The molecule has 26 heavy (non-hydrogen) atoms. The molecule has 2 rings (SSSR count). The Morgan fingerprint density at radius 1 is 1.31 bits per heavy atom. The van der Waals surface area contributed by atoms with Crippen molar-refractivity contribution in [1.82, 2.24) is 15.5 Å². The van der Waals surface area contributed by atoms with Crippen molar-refractivity contribution in [2.24, 2.45) is 10.9 Å². The van der Waals surface area contributed by atoms with Crippen LogP contribution in [0.3, 0.4) is 0 Å². The normalized spacial score (nSPS) is 16.8. The van der Waals surface area contributed by atoms with Crippen molar-refractivity contribution in [3.63, 3.8) is 0 Å². The average Bonchev–Trinajstić information content (AvgIpc) is 3.10. The second-order valence-electron chi connectivity index (χ2n) is 5.97. The lowest BCUT2D eigenvalue weighted by molar-refractivity contribution is 0.0954. The van der Waals surface area contributed by atoms with Crippen molar-refractivity contribution in [2.75, 3.05) is 46.9 Å². The van der Waals surface area contributed by atoms with Gasteiger partial charge in [0.2, 0.25) is 0 Å². The number of rotatable bonds is 6. The van der Waals surface area contributed by atoms with Crippen LogP contribution in [-0.2, 0) is 4.74 Å². The molecule has 1 aliphatic heterocycles. The van der Waals surface area contributed by atoms with E-state index in [0.717, 1.165) is 32.1 Å². The quantitative estimate of drug-likeness (QED) is 0.265. The second kappa shape index (κ2) is 11.8. The molecular weight excluding hydrogens is 490 g/mol. The van der Waals surface area contributed by atoms with Gasteiger partial charge in [-0.1, -0.05) is 23.2 Å². The van der Waals surface area contributed by atoms with E-state index in [1.54, 1.807) is 25.2 Å². The summed E-state index contributed by atoms with van der Waals surface area (Å²) in [5.74, 6) is 1.15. The van der Waals surface area contributed by atoms with Gasteiger partial charge in [0.25, 0.3) is 5.91 Å². The van der Waals surface area contributed by atoms with Gasteiger partial charge in [0.1, 0.15) is 0 Å². The zero-order chi connectivity index (χ0) is 18.2. The molecule has 1 aliphatic rings. The Morgan fingerprint density at radius 2 is 2.04 bits per heavy atom. The van der Waals surface area contributed by atoms with Crippen LogP contribution in [-0.4, -0.2) is 63.7 Å². The number of aliphatic imine (C=N–C) groups is 1. The summed E-state index contributed by atoms with van der Waals surface area (Å²) in [5, 5.41) is 6.88. The van der Waals surface area contributed by atoms with Gasteiger partial charge < -0.3 is 20.3 Å². The fourth-order valence-corrected chi connectivity index (χ4v) is 2.97. The molecule has 146 valence electrons. The van der Waals surface area contributed by atoms with Gasteiger partial charge in [-0.25, -0.2) is 0 Å². The summed E-state index contributed by atoms with van der Waals surface area (Å²) >= 11 is 11.8. The van der Waals surface area contributed by atoms with Crippen LogP contribution in [0.25, 0.3) is 0 Å². The van der Waals surface area contributed by atoms with E-state index in [4.69, 9.17) is 27.9 Å². The molecule has 0 saturated carbocycles. The number of hydrogen-bond donors (Lipinski definition) is 2. The van der Waals surface area contributed by atoms with Crippen LogP contribution in [0.5, 0.6) is 0 Å². The fraction of sp³-hybridized carbons (Fsp3) is 0.529. The van der Waals surface area contributed by atoms with E-state index in [0.29, 0.717) is 34.6 Å². The van der Waals surface area contributed by atoms with E-state index in [1.165, 1.54) is 0 Å². The molecule has 0 aliphatic carbocycles. The molecule has 1 amide bonds. The highest BCUT2D eigenvalue weighted by Crippen LogP contribution is 2.22. The van der Waals surface area contributed by atoms with E-state index >= 15 is 0 Å². The lowest BCUT2D eigenvalue weighted by atomic mass is 10.1. The van der Waals surface area contributed by atoms with Crippen molar-refractivity contribution < 1.29 is 9.53 Å². The molecule has 1 aromatic rings. The molecule has 1 saturated heterocycles. The SMILES string of the molecule is CN=C(NCCNC(=O)c1ccc(Cl)c(Cl)c1)N(C)CC1CCOC1.I. The largest absolute Gasteiger partial charge is 0.381 e. The zero-order valence-corrected chi connectivity index (χ0v) is 18.8. The Hall–Kier alpha value is -0.770. The highest BCUT2D eigenvalue weighted by molar-refractivity contribution is 14.0. The first-order chi connectivity index (χ1) is 12.0. The molecule has 1 aromatic carbocycles. The Kier molecular flexibility index (Phi) is 10.6. The van der Waals surface area contributed by atoms with Crippen LogP contribution in [0, 0.1) is 5.92 Å². The predicted molar refractivity (Wildman–Crippen MR) is 117 cm³/mol. The summed E-state index contributed by atoms with van der Waals surface area (Å²) in [7, 11) is 3.75. The highest BCUT2D eigenvalue weighted by Gasteiger charge is 2.19. The van der Waals surface area contributed by atoms with Gasteiger partial charge >= 0.3 is 0 Å². The molecule has 2 N–H and O–H groups in total. The molecule has 0 aromatic heterocycles. The first kappa shape index (κ1) is 23.3. The Balaban J connectivity index is 0.00000338. The monoisotopic (exact) mass is 514 g/mol. The maximum atomic E-state index is 12.1. The van der Waals surface area contributed by atoms with Gasteiger partial charge in [-0.15, -0.1) is 24.0 Å². The van der Waals surface area contributed by atoms with E-state index in [-0.39, 0.29) is 29.9 Å². The van der Waals surface area contributed by atoms with E-state index in [1.807, 2.05) is 7.05 Å². The number of nitrogens with one attached hydrogen (secondary N) is 2. The number of halogens is 3. The lowest BCUT2D eigenvalue weighted by Gasteiger charge is -2.24. The molecule has 6 nitrogen and oxygen atoms in total. The van der Waals surface area contributed by atoms with Gasteiger partial charge in [0, 0.05) is 51.8 Å². The molecule has 0 radical (unpaired) electrons. The van der Waals surface area contributed by atoms with E-state index in [2.05, 4.69) is 20.5 Å². The van der Waals surface area contributed by atoms with Gasteiger partial charge in [-0.2, -0.15) is 0 Å². The van der Waals surface area contributed by atoms with Gasteiger partial charge in [0.15, 0.2) is 5.96 Å². The Morgan fingerprint density at radius 3 is 2.65 bits per heavy atom. The van der Waals surface area contributed by atoms with Crippen LogP contribution >= 0.6 is 47.2 Å². The molecule has 0 spiro atoms. The third kappa shape index (κ3) is 7.09. The van der Waals surface area contributed by atoms with E-state index < -0.39 is 0 Å². The number of guanidine groups is 1. The molecule has 9 heteroatoms. The first-order valence-corrected chi connectivity index (χ1v) is 8.99. The maximum absolute atomic E-state index is 12.1. The second-order valence-corrected chi connectivity index (χ2v) is 6.78. The zero-order valence-electron chi connectivity index (χ0n) is 14.9. The Labute approximate surface area is 181 Å². The number of carbonyl (C=O) groups excluding carboxylic acids is 1. The van der Waals surface area contributed by atoms with Gasteiger partial charge in [-0.05, 0) is 24.6 Å². The van der Waals surface area contributed by atoms with Crippen molar-refractivity contribution in [2.45, 2.75) is 6.42 Å². The standard InChI is InChI=1S/C17H24Cl2N4O2.HI/c1-20-17(23(2)10-12-5-8-25-11-12)22-7-6-21-16(24)13-3-4-14(18)15(19)9-13;/h3-4,9,12H,5-8,10-11H2,1-2H3,(H,20,22)(H,21,24);1H. The summed E-state index contributed by atoms with van der Waals surface area (Å²) in [6.07, 6.45) is 1.08. The minimum atomic E-state index is -0.188. The average molecular weight is 515 g/mol. The Bertz CT molecular complexity index is 625. The third-order valence-corrected chi connectivity index (χ3v) is 4.74. The summed E-state index contributed by atoms with van der Waals surface area (Å²) in [6, 6.07) is 4.82. The molecule has 1 heterocycles. The smallest absolute Gasteiger partial charge is 0.251 e. The minimum Gasteiger partial charge on any atom is -0.381 e. The van der Waals surface area contributed by atoms with Crippen molar-refractivity contribution in [1.29, 1.82) is 0 Å². The third-order valence-electron chi connectivity index (χ3n) is 4.00. The molecule has 1 fully saturated rings. The first-order valence-electron chi connectivity index (χ1n) is 8.24. The van der Waals surface area contributed by atoms with Crippen molar-refractivity contribution >= 4 is 59.0 Å². The summed E-state index contributed by atoms with van der Waals surface area (Å²) < 4.78 is 5.40. The van der Waals surface area contributed by atoms with Crippen LogP contribution in [0.1, 0.15) is 16.8 Å². The number of amides is 1. The van der Waals surface area contributed by atoms with Crippen LogP contribution in [0.2, 0.25) is 10.0 Å². The number of ether oxygens (including phenoxy) is 1. The van der Waals surface area contributed by atoms with Crippen LogP contribution in [0.15, 0.2) is 23.2 Å². The maximum Gasteiger partial charge on any atom is 0.251 e. The van der Waals surface area contributed by atoms with Crippen LogP contribution in [0.4, 0.5) is 0 Å². The number of carbonyl (C=O) groups is 1. The highest BCUT2D eigenvalue weighted by atomic mass is 127. The van der Waals surface area contributed by atoms with Gasteiger partial charge in [0.05, 0.1) is 16.7 Å². The number of hydrogen-bond acceptors (Lipinski definition) is 3. The number of nitrogens with zero attached hydrogens (tertiary/aromatic N) is 2. The summed E-state index contributed by atoms with van der Waals surface area (Å²) in [6.45, 7) is 3.59. The van der Waals surface area contributed by atoms with Crippen LogP contribution < -0.4 is 10.6 Å². The summed E-state index contributed by atoms with van der Waals surface area (Å²) in [5.41, 5.74) is 0.483. The van der Waals surface area contributed by atoms with Crippen molar-refractivity contribution in [3.05, 3.63) is 33.8 Å². The van der Waals surface area contributed by atoms with Crippen molar-refractivity contribution in [3.8, 4) is 0 Å². The van der Waals surface area contributed by atoms with Gasteiger partial charge in [-0.3, -0.25) is 9.79 Å². The minimum absolute atomic E-state index is 0. The molecular formula is C17H25Cl2IN4O2. The summed E-state index contributed by atoms with van der Waals surface area (Å²) in [4.78, 5) is 18.4. The fourth-order valence-electron chi connectivity index (χ4n) is 2.68. The topological polar surface area (TPSA) is 66.0 Å². The molecule has 1 atom stereocenters. The lowest BCUT2D eigenvalue weighted by Crippen LogP contribution is -2.44. The predicted octanol–water partition coefficient (Wildman–Crippen LogP) is 2.88. The molecule has 1 unspecified atom stereocenters.